The molecule has 2 N–H and O–H groups in total. The summed E-state index contributed by atoms with van der Waals surface area (Å²) in [6, 6.07) is 25.0. The summed E-state index contributed by atoms with van der Waals surface area (Å²) in [5, 5.41) is 14.1. The van der Waals surface area contributed by atoms with Crippen molar-refractivity contribution in [2.75, 3.05) is 43.4 Å². The van der Waals surface area contributed by atoms with Crippen LogP contribution in [-0.4, -0.2) is 48.2 Å². The molecular weight excluding hydrogens is 396 g/mol. The molecule has 4 aromatic rings. The average molecular weight is 425 g/mol. The van der Waals surface area contributed by atoms with Gasteiger partial charge in [-0.1, -0.05) is 24.3 Å². The maximum absolute atomic E-state index is 9.48. The first-order valence-electron chi connectivity index (χ1n) is 11.1. The van der Waals surface area contributed by atoms with Crippen molar-refractivity contribution in [1.82, 2.24) is 9.88 Å². The monoisotopic (exact) mass is 424 g/mol. The number of hydrogen-bond acceptors (Lipinski definition) is 5. The topological polar surface area (TPSA) is 51.6 Å². The van der Waals surface area contributed by atoms with Crippen molar-refractivity contribution in [1.29, 1.82) is 0 Å². The van der Waals surface area contributed by atoms with Crippen LogP contribution in [0.15, 0.2) is 79.0 Å². The molecule has 0 atom stereocenters. The molecule has 0 radical (unpaired) electrons. The highest BCUT2D eigenvalue weighted by Crippen LogP contribution is 2.31. The maximum atomic E-state index is 9.48. The minimum Gasteiger partial charge on any atom is -0.392 e. The van der Waals surface area contributed by atoms with E-state index >= 15 is 0 Å². The van der Waals surface area contributed by atoms with Crippen LogP contribution in [0.4, 0.5) is 17.1 Å². The van der Waals surface area contributed by atoms with E-state index in [1.165, 1.54) is 5.69 Å². The van der Waals surface area contributed by atoms with Crippen LogP contribution in [0.2, 0.25) is 0 Å². The van der Waals surface area contributed by atoms with Gasteiger partial charge in [0.15, 0.2) is 0 Å². The molecule has 1 aliphatic rings. The summed E-state index contributed by atoms with van der Waals surface area (Å²) in [5.41, 5.74) is 7.41. The van der Waals surface area contributed by atoms with E-state index in [1.807, 2.05) is 30.5 Å². The first kappa shape index (κ1) is 20.5. The molecule has 0 spiro atoms. The van der Waals surface area contributed by atoms with Gasteiger partial charge in [-0.15, -0.1) is 0 Å². The Morgan fingerprint density at radius 3 is 2.44 bits per heavy atom. The van der Waals surface area contributed by atoms with Gasteiger partial charge in [0.25, 0.3) is 0 Å². The van der Waals surface area contributed by atoms with Crippen LogP contribution in [-0.2, 0) is 6.61 Å². The predicted molar refractivity (Wildman–Crippen MR) is 133 cm³/mol. The molecule has 5 heteroatoms. The third kappa shape index (κ3) is 4.31. The van der Waals surface area contributed by atoms with Gasteiger partial charge in [-0.05, 0) is 72.3 Å². The molecule has 5 rings (SSSR count). The Kier molecular flexibility index (Phi) is 5.75. The summed E-state index contributed by atoms with van der Waals surface area (Å²) >= 11 is 0. The van der Waals surface area contributed by atoms with E-state index in [0.717, 1.165) is 65.1 Å². The molecule has 0 aliphatic carbocycles. The zero-order valence-electron chi connectivity index (χ0n) is 18.3. The summed E-state index contributed by atoms with van der Waals surface area (Å²) < 4.78 is 0. The number of rotatable bonds is 5. The molecule has 0 unspecified atom stereocenters. The first-order valence-corrected chi connectivity index (χ1v) is 11.1. The maximum Gasteiger partial charge on any atom is 0.0723 e. The highest BCUT2D eigenvalue weighted by atomic mass is 16.3. The number of anilines is 3. The number of likely N-dealkylation sites (N-methyl/N-ethyl adjacent to an activating group) is 1. The SMILES string of the molecule is CN1CCN(c2ccc(Nc3ccnc4ccc(-c5cccc(CO)c5)cc34)cc2)CC1. The van der Waals surface area contributed by atoms with E-state index in [4.69, 9.17) is 0 Å². The molecule has 0 bridgehead atoms. The number of nitrogens with zero attached hydrogens (tertiary/aromatic N) is 3. The standard InChI is InChI=1S/C27H28N4O/c1-30-13-15-31(16-14-30)24-8-6-23(7-9-24)29-27-11-12-28-26-10-5-22(18-25(26)27)21-4-2-3-20(17-21)19-32/h2-12,17-18,32H,13-16,19H2,1H3,(H,28,29). The van der Waals surface area contributed by atoms with E-state index in [1.54, 1.807) is 0 Å². The van der Waals surface area contributed by atoms with E-state index in [0.29, 0.717) is 0 Å². The van der Waals surface area contributed by atoms with Gasteiger partial charge in [0.05, 0.1) is 12.1 Å². The summed E-state index contributed by atoms with van der Waals surface area (Å²) in [5.74, 6) is 0. The van der Waals surface area contributed by atoms with Crippen LogP contribution in [0.25, 0.3) is 22.0 Å². The molecule has 2 heterocycles. The lowest BCUT2D eigenvalue weighted by Gasteiger charge is -2.34. The molecule has 1 saturated heterocycles. The Morgan fingerprint density at radius 2 is 1.66 bits per heavy atom. The van der Waals surface area contributed by atoms with Crippen molar-refractivity contribution in [2.24, 2.45) is 0 Å². The van der Waals surface area contributed by atoms with Crippen molar-refractivity contribution < 1.29 is 5.11 Å². The number of hydrogen-bond donors (Lipinski definition) is 2. The zero-order chi connectivity index (χ0) is 21.9. The van der Waals surface area contributed by atoms with Gasteiger partial charge in [-0.25, -0.2) is 0 Å². The highest BCUT2D eigenvalue weighted by Gasteiger charge is 2.14. The van der Waals surface area contributed by atoms with Crippen LogP contribution >= 0.6 is 0 Å². The largest absolute Gasteiger partial charge is 0.392 e. The van der Waals surface area contributed by atoms with Gasteiger partial charge < -0.3 is 20.2 Å². The Morgan fingerprint density at radius 1 is 0.875 bits per heavy atom. The normalized spacial score (nSPS) is 14.6. The average Bonchev–Trinajstić information content (AvgIpc) is 2.85. The van der Waals surface area contributed by atoms with Gasteiger partial charge in [-0.2, -0.15) is 0 Å². The lowest BCUT2D eigenvalue weighted by Crippen LogP contribution is -2.44. The van der Waals surface area contributed by atoms with E-state index < -0.39 is 0 Å². The van der Waals surface area contributed by atoms with E-state index in [9.17, 15) is 5.11 Å². The second-order valence-corrected chi connectivity index (χ2v) is 8.41. The fourth-order valence-corrected chi connectivity index (χ4v) is 4.26. The van der Waals surface area contributed by atoms with Crippen molar-refractivity contribution in [2.45, 2.75) is 6.61 Å². The third-order valence-electron chi connectivity index (χ3n) is 6.20. The molecule has 32 heavy (non-hydrogen) atoms. The molecular formula is C27H28N4O. The minimum atomic E-state index is 0.0416. The third-order valence-corrected chi connectivity index (χ3v) is 6.20. The van der Waals surface area contributed by atoms with Crippen LogP contribution in [0.5, 0.6) is 0 Å². The summed E-state index contributed by atoms with van der Waals surface area (Å²) in [7, 11) is 2.18. The van der Waals surface area contributed by atoms with Gasteiger partial charge in [0.2, 0.25) is 0 Å². The smallest absolute Gasteiger partial charge is 0.0723 e. The van der Waals surface area contributed by atoms with E-state index in [-0.39, 0.29) is 6.61 Å². The van der Waals surface area contributed by atoms with Crippen molar-refractivity contribution >= 4 is 28.0 Å². The number of nitrogens with one attached hydrogen (secondary N) is 1. The van der Waals surface area contributed by atoms with Gasteiger partial charge in [0, 0.05) is 54.8 Å². The Bertz CT molecular complexity index is 1210. The zero-order valence-corrected chi connectivity index (χ0v) is 18.3. The van der Waals surface area contributed by atoms with Crippen LogP contribution in [0.3, 0.4) is 0 Å². The number of aliphatic hydroxyl groups is 1. The fraction of sp³-hybridized carbons (Fsp3) is 0.222. The first-order chi connectivity index (χ1) is 15.7. The van der Waals surface area contributed by atoms with E-state index in [2.05, 4.69) is 75.7 Å². The number of piperazine rings is 1. The molecule has 0 saturated carbocycles. The number of benzene rings is 3. The second-order valence-electron chi connectivity index (χ2n) is 8.41. The molecule has 5 nitrogen and oxygen atoms in total. The number of pyridine rings is 1. The molecule has 162 valence electrons. The quantitative estimate of drug-likeness (QED) is 0.478. The predicted octanol–water partition coefficient (Wildman–Crippen LogP) is 4.89. The van der Waals surface area contributed by atoms with Crippen LogP contribution in [0.1, 0.15) is 5.56 Å². The summed E-state index contributed by atoms with van der Waals surface area (Å²) in [4.78, 5) is 9.36. The molecule has 1 fully saturated rings. The lowest BCUT2D eigenvalue weighted by molar-refractivity contribution is 0.282. The van der Waals surface area contributed by atoms with Crippen LogP contribution in [0, 0.1) is 0 Å². The number of aliphatic hydroxyl groups excluding tert-OH is 1. The Hall–Kier alpha value is -3.41. The van der Waals surface area contributed by atoms with Gasteiger partial charge in [-0.3, -0.25) is 4.98 Å². The highest BCUT2D eigenvalue weighted by molar-refractivity contribution is 5.95. The molecule has 3 aromatic carbocycles. The van der Waals surface area contributed by atoms with Gasteiger partial charge in [0.1, 0.15) is 0 Å². The number of fused-ring (bicyclic) bond motifs is 1. The Labute approximate surface area is 188 Å². The van der Waals surface area contributed by atoms with Crippen molar-refractivity contribution in [3.05, 3.63) is 84.6 Å². The van der Waals surface area contributed by atoms with Crippen molar-refractivity contribution in [3.8, 4) is 11.1 Å². The fourth-order valence-electron chi connectivity index (χ4n) is 4.26. The van der Waals surface area contributed by atoms with Gasteiger partial charge >= 0.3 is 0 Å². The second kappa shape index (κ2) is 8.99. The molecule has 1 aromatic heterocycles. The minimum absolute atomic E-state index is 0.0416. The summed E-state index contributed by atoms with van der Waals surface area (Å²) in [6.45, 7) is 4.38. The molecule has 1 aliphatic heterocycles. The van der Waals surface area contributed by atoms with Crippen molar-refractivity contribution in [3.63, 3.8) is 0 Å². The molecule has 0 amide bonds. The summed E-state index contributed by atoms with van der Waals surface area (Å²) in [6.07, 6.45) is 1.84. The van der Waals surface area contributed by atoms with Crippen LogP contribution < -0.4 is 10.2 Å². The Balaban J connectivity index is 1.41. The number of aromatic nitrogens is 1. The lowest BCUT2D eigenvalue weighted by atomic mass is 10.0.